The van der Waals surface area contributed by atoms with Crippen LogP contribution in [-0.4, -0.2) is 9.55 Å². The fourth-order valence-corrected chi connectivity index (χ4v) is 11.0. The van der Waals surface area contributed by atoms with Gasteiger partial charge in [0.05, 0.1) is 16.7 Å². The van der Waals surface area contributed by atoms with Gasteiger partial charge in [-0.2, -0.15) is 0 Å². The summed E-state index contributed by atoms with van der Waals surface area (Å²) < 4.78 is 18.2. The Morgan fingerprint density at radius 2 is 1.04 bits per heavy atom. The number of para-hydroxylation sites is 1. The SMILES string of the molecule is CCc1nc2cccc3c2n1-c1ccc(-c2cc(-c4ccc5ccccc5c4)cc(-c4ccc5ccccc5c4)c2)cc1P3(=O)c1ccccc1. The van der Waals surface area contributed by atoms with Gasteiger partial charge in [0.2, 0.25) is 0 Å². The van der Waals surface area contributed by atoms with Gasteiger partial charge >= 0.3 is 0 Å². The molecular weight excluding hydrogens is 640 g/mol. The maximum Gasteiger partial charge on any atom is 0.175 e. The van der Waals surface area contributed by atoms with Crippen molar-refractivity contribution < 1.29 is 4.57 Å². The van der Waals surface area contributed by atoms with E-state index in [1.165, 1.54) is 21.5 Å². The fraction of sp³-hybridized carbons (Fsp3) is 0.0426. The largest absolute Gasteiger partial charge is 0.308 e. The summed E-state index contributed by atoms with van der Waals surface area (Å²) >= 11 is 0. The van der Waals surface area contributed by atoms with Gasteiger partial charge < -0.3 is 4.57 Å². The summed E-state index contributed by atoms with van der Waals surface area (Å²) in [6.45, 7) is 2.14. The molecule has 9 aromatic rings. The molecule has 242 valence electrons. The van der Waals surface area contributed by atoms with Crippen LogP contribution in [0.15, 0.2) is 170 Å². The minimum Gasteiger partial charge on any atom is -0.308 e. The molecule has 10 rings (SSSR count). The zero-order valence-corrected chi connectivity index (χ0v) is 29.0. The third-order valence-corrected chi connectivity index (χ3v) is 13.6. The van der Waals surface area contributed by atoms with Crippen LogP contribution in [0.1, 0.15) is 12.7 Å². The first kappa shape index (κ1) is 29.9. The number of hydrogen-bond acceptors (Lipinski definition) is 2. The topological polar surface area (TPSA) is 34.9 Å². The number of fused-ring (bicyclic) bond motifs is 4. The van der Waals surface area contributed by atoms with Crippen LogP contribution in [0.2, 0.25) is 0 Å². The van der Waals surface area contributed by atoms with E-state index in [0.717, 1.165) is 78.3 Å². The molecule has 0 amide bonds. The van der Waals surface area contributed by atoms with Crippen LogP contribution < -0.4 is 15.9 Å². The third kappa shape index (κ3) is 4.66. The Kier molecular flexibility index (Phi) is 6.74. The Labute approximate surface area is 296 Å². The van der Waals surface area contributed by atoms with Crippen molar-refractivity contribution in [3.8, 4) is 39.1 Å². The summed E-state index contributed by atoms with van der Waals surface area (Å²) in [5.41, 5.74) is 9.50. The molecule has 3 nitrogen and oxygen atoms in total. The van der Waals surface area contributed by atoms with E-state index in [2.05, 4.69) is 133 Å². The summed E-state index contributed by atoms with van der Waals surface area (Å²) in [7, 11) is -3.26. The van der Waals surface area contributed by atoms with Gasteiger partial charge in [-0.05, 0) is 110 Å². The van der Waals surface area contributed by atoms with Crippen molar-refractivity contribution in [2.75, 3.05) is 0 Å². The lowest BCUT2D eigenvalue weighted by Crippen LogP contribution is -2.33. The Hall–Kier alpha value is -6.02. The van der Waals surface area contributed by atoms with Crippen LogP contribution in [0.5, 0.6) is 0 Å². The normalized spacial score (nSPS) is 15.0. The molecule has 4 heteroatoms. The molecule has 0 spiro atoms. The van der Waals surface area contributed by atoms with Crippen LogP contribution in [0.4, 0.5) is 0 Å². The van der Waals surface area contributed by atoms with Gasteiger partial charge in [0.25, 0.3) is 0 Å². The second-order valence-electron chi connectivity index (χ2n) is 13.4. The zero-order valence-electron chi connectivity index (χ0n) is 28.1. The number of aryl methyl sites for hydroxylation is 1. The van der Waals surface area contributed by atoms with Gasteiger partial charge in [-0.25, -0.2) is 4.98 Å². The quantitative estimate of drug-likeness (QED) is 0.171. The van der Waals surface area contributed by atoms with Crippen molar-refractivity contribution in [2.45, 2.75) is 13.3 Å². The van der Waals surface area contributed by atoms with E-state index in [4.69, 9.17) is 4.98 Å². The maximum absolute atomic E-state index is 15.9. The number of aromatic nitrogens is 2. The first-order valence-corrected chi connectivity index (χ1v) is 19.2. The number of hydrogen-bond donors (Lipinski definition) is 0. The standard InChI is InChI=1S/C47H33N2OP/c1-2-46-48-42-17-10-18-44-47(42)49(46)43-24-23-37(30-45(43)51(44,50)41-15-4-3-5-16-41)40-28-38(35-21-19-31-11-6-8-13-33(31)25-35)27-39(29-40)36-22-20-32-12-7-9-14-34(32)26-36/h3-30H,2H2,1H3. The molecule has 0 radical (unpaired) electrons. The molecule has 0 N–H and O–H groups in total. The molecule has 2 heterocycles. The van der Waals surface area contributed by atoms with E-state index in [1.54, 1.807) is 0 Å². The molecule has 8 aromatic carbocycles. The van der Waals surface area contributed by atoms with Gasteiger partial charge in [0.15, 0.2) is 7.14 Å². The van der Waals surface area contributed by atoms with E-state index >= 15 is 4.57 Å². The molecule has 1 aromatic heterocycles. The van der Waals surface area contributed by atoms with Crippen molar-refractivity contribution in [1.29, 1.82) is 0 Å². The average Bonchev–Trinajstić information content (AvgIpc) is 3.59. The summed E-state index contributed by atoms with van der Waals surface area (Å²) in [6, 6.07) is 59.9. The second kappa shape index (κ2) is 11.5. The molecule has 0 saturated heterocycles. The van der Waals surface area contributed by atoms with Gasteiger partial charge in [0.1, 0.15) is 5.82 Å². The van der Waals surface area contributed by atoms with E-state index in [9.17, 15) is 0 Å². The molecule has 0 saturated carbocycles. The maximum atomic E-state index is 15.9. The molecule has 0 bridgehead atoms. The smallest absolute Gasteiger partial charge is 0.175 e. The van der Waals surface area contributed by atoms with Crippen molar-refractivity contribution in [3.05, 3.63) is 176 Å². The number of rotatable bonds is 5. The van der Waals surface area contributed by atoms with Gasteiger partial charge in [0, 0.05) is 22.3 Å². The highest BCUT2D eigenvalue weighted by molar-refractivity contribution is 7.86. The fourth-order valence-electron chi connectivity index (χ4n) is 7.96. The number of benzene rings is 8. The molecule has 1 aliphatic rings. The molecule has 0 fully saturated rings. The minimum absolute atomic E-state index is 0.772. The van der Waals surface area contributed by atoms with Crippen LogP contribution in [0.25, 0.3) is 71.6 Å². The van der Waals surface area contributed by atoms with Crippen LogP contribution >= 0.6 is 7.14 Å². The lowest BCUT2D eigenvalue weighted by atomic mass is 9.92. The predicted molar refractivity (Wildman–Crippen MR) is 215 cm³/mol. The summed E-state index contributed by atoms with van der Waals surface area (Å²) in [5, 5.41) is 7.40. The predicted octanol–water partition coefficient (Wildman–Crippen LogP) is 10.8. The highest BCUT2D eigenvalue weighted by Gasteiger charge is 2.39. The molecule has 51 heavy (non-hydrogen) atoms. The number of nitrogens with zero attached hydrogens (tertiary/aromatic N) is 2. The lowest BCUT2D eigenvalue weighted by molar-refractivity contribution is 0.592. The molecule has 1 unspecified atom stereocenters. The number of imidazole rings is 1. The molecule has 1 atom stereocenters. The van der Waals surface area contributed by atoms with Crippen LogP contribution in [-0.2, 0) is 11.0 Å². The van der Waals surface area contributed by atoms with Crippen LogP contribution in [0.3, 0.4) is 0 Å². The lowest BCUT2D eigenvalue weighted by Gasteiger charge is -2.29. The van der Waals surface area contributed by atoms with Crippen molar-refractivity contribution >= 4 is 55.6 Å². The molecule has 0 aliphatic carbocycles. The summed E-state index contributed by atoms with van der Waals surface area (Å²) in [6.07, 6.45) is 0.772. The molecular formula is C47H33N2OP. The zero-order chi connectivity index (χ0) is 34.1. The highest BCUT2D eigenvalue weighted by Crippen LogP contribution is 2.50. The Bertz CT molecular complexity index is 2790. The monoisotopic (exact) mass is 672 g/mol. The Morgan fingerprint density at radius 1 is 0.490 bits per heavy atom. The van der Waals surface area contributed by atoms with Gasteiger partial charge in [-0.3, -0.25) is 4.57 Å². The van der Waals surface area contributed by atoms with Gasteiger partial charge in [-0.15, -0.1) is 0 Å². The molecule has 1 aliphatic heterocycles. The first-order valence-electron chi connectivity index (χ1n) is 17.5. The van der Waals surface area contributed by atoms with E-state index in [0.29, 0.717) is 0 Å². The van der Waals surface area contributed by atoms with E-state index in [-0.39, 0.29) is 0 Å². The van der Waals surface area contributed by atoms with Crippen molar-refractivity contribution in [1.82, 2.24) is 9.55 Å². The van der Waals surface area contributed by atoms with Crippen molar-refractivity contribution in [3.63, 3.8) is 0 Å². The van der Waals surface area contributed by atoms with E-state index in [1.807, 2.05) is 48.5 Å². The van der Waals surface area contributed by atoms with Crippen LogP contribution in [0, 0.1) is 0 Å². The third-order valence-electron chi connectivity index (χ3n) is 10.5. The average molecular weight is 673 g/mol. The first-order chi connectivity index (χ1) is 25.1. The summed E-state index contributed by atoms with van der Waals surface area (Å²) in [5.74, 6) is 0.975. The van der Waals surface area contributed by atoms with Gasteiger partial charge in [-0.1, -0.05) is 122 Å². The minimum atomic E-state index is -3.26. The Balaban J connectivity index is 1.23. The van der Waals surface area contributed by atoms with E-state index < -0.39 is 7.14 Å². The summed E-state index contributed by atoms with van der Waals surface area (Å²) in [4.78, 5) is 5.02. The van der Waals surface area contributed by atoms with Crippen molar-refractivity contribution in [2.24, 2.45) is 0 Å². The Morgan fingerprint density at radius 3 is 1.65 bits per heavy atom. The second-order valence-corrected chi connectivity index (χ2v) is 16.1. The highest BCUT2D eigenvalue weighted by atomic mass is 31.2.